The molecule has 0 amide bonds. The molecule has 4 heteroatoms. The van der Waals surface area contributed by atoms with Crippen molar-refractivity contribution in [3.05, 3.63) is 60.2 Å². The molecule has 0 saturated carbocycles. The summed E-state index contributed by atoms with van der Waals surface area (Å²) in [5, 5.41) is 9.53. The van der Waals surface area contributed by atoms with Gasteiger partial charge in [0.2, 0.25) is 0 Å². The van der Waals surface area contributed by atoms with Gasteiger partial charge >= 0.3 is 0 Å². The minimum absolute atomic E-state index is 0.389. The molecule has 1 N–H and O–H groups in total. The van der Waals surface area contributed by atoms with E-state index in [2.05, 4.69) is 0 Å². The summed E-state index contributed by atoms with van der Waals surface area (Å²) < 4.78 is 23.4. The summed E-state index contributed by atoms with van der Waals surface area (Å²) in [6, 6.07) is 17.3. The first kappa shape index (κ1) is 15.7. The lowest BCUT2D eigenvalue weighted by molar-refractivity contribution is 0.169. The molecule has 0 radical (unpaired) electrons. The highest BCUT2D eigenvalue weighted by molar-refractivity contribution is 7.91. The molecular weight excluding hydrogens is 284 g/mol. The molecule has 2 rings (SSSR count). The van der Waals surface area contributed by atoms with Gasteiger partial charge in [0.05, 0.1) is 11.4 Å². The first-order valence-corrected chi connectivity index (χ1v) is 8.91. The third-order valence-corrected chi connectivity index (χ3v) is 5.35. The van der Waals surface area contributed by atoms with E-state index in [4.69, 9.17) is 0 Å². The smallest absolute Gasteiger partial charge is 0.153 e. The van der Waals surface area contributed by atoms with Crippen molar-refractivity contribution >= 4 is 9.84 Å². The Labute approximate surface area is 126 Å². The molecular formula is C17H20O3S. The van der Waals surface area contributed by atoms with Gasteiger partial charge in [-0.2, -0.15) is 0 Å². The van der Waals surface area contributed by atoms with Gasteiger partial charge in [0.1, 0.15) is 0 Å². The highest BCUT2D eigenvalue weighted by atomic mass is 32.2. The van der Waals surface area contributed by atoms with Crippen LogP contribution in [-0.2, 0) is 9.84 Å². The van der Waals surface area contributed by atoms with Gasteiger partial charge in [-0.3, -0.25) is 0 Å². The van der Waals surface area contributed by atoms with Crippen LogP contribution in [0.25, 0.3) is 11.1 Å². The fourth-order valence-electron chi connectivity index (χ4n) is 2.48. The fraction of sp³-hybridized carbons (Fsp3) is 0.294. The van der Waals surface area contributed by atoms with E-state index < -0.39 is 21.2 Å². The van der Waals surface area contributed by atoms with Crippen LogP contribution < -0.4 is 0 Å². The predicted molar refractivity (Wildman–Crippen MR) is 85.8 cm³/mol. The lowest BCUT2D eigenvalue weighted by atomic mass is 10.00. The first-order chi connectivity index (χ1) is 9.93. The predicted octanol–water partition coefficient (Wildman–Crippen LogP) is 3.21. The summed E-state index contributed by atoms with van der Waals surface area (Å²) in [7, 11) is -3.27. The molecule has 0 saturated heterocycles. The Hall–Kier alpha value is -1.65. The molecule has 0 unspecified atom stereocenters. The van der Waals surface area contributed by atoms with Crippen LogP contribution in [0, 0.1) is 0 Å². The van der Waals surface area contributed by atoms with Crippen LogP contribution in [0.5, 0.6) is 0 Å². The molecule has 2 aromatic rings. The monoisotopic (exact) mass is 304 g/mol. The van der Waals surface area contributed by atoms with Crippen molar-refractivity contribution in [1.82, 2.24) is 0 Å². The van der Waals surface area contributed by atoms with Crippen LogP contribution in [0.4, 0.5) is 0 Å². The van der Waals surface area contributed by atoms with Gasteiger partial charge in [-0.15, -0.1) is 0 Å². The number of hydrogen-bond acceptors (Lipinski definition) is 3. The van der Waals surface area contributed by atoms with E-state index in [1.165, 1.54) is 6.26 Å². The highest BCUT2D eigenvalue weighted by Gasteiger charge is 2.28. The van der Waals surface area contributed by atoms with Crippen molar-refractivity contribution in [3.63, 3.8) is 0 Å². The summed E-state index contributed by atoms with van der Waals surface area (Å²) >= 11 is 0. The number of aliphatic hydroxyl groups excluding tert-OH is 1. The Bertz CT molecular complexity index is 676. The second-order valence-electron chi connectivity index (χ2n) is 5.21. The number of benzene rings is 2. The quantitative estimate of drug-likeness (QED) is 0.923. The molecule has 0 spiro atoms. The third-order valence-electron chi connectivity index (χ3n) is 3.66. The van der Waals surface area contributed by atoms with Crippen LogP contribution in [0.3, 0.4) is 0 Å². The summed E-state index contributed by atoms with van der Waals surface area (Å²) in [5.74, 6) is 0. The maximum absolute atomic E-state index is 11.7. The molecule has 0 aliphatic heterocycles. The lowest BCUT2D eigenvalue weighted by Gasteiger charge is -2.20. The number of aliphatic hydroxyl groups is 1. The van der Waals surface area contributed by atoms with Gasteiger partial charge in [0.25, 0.3) is 0 Å². The second-order valence-corrected chi connectivity index (χ2v) is 7.47. The molecule has 0 bridgehead atoms. The van der Waals surface area contributed by atoms with E-state index in [9.17, 15) is 13.5 Å². The SMILES string of the molecule is CC[C@@H]([C@H](O)c1ccc(-c2ccccc2)cc1)S(C)(=O)=O. The standard InChI is InChI=1S/C17H20O3S/c1-3-16(21(2,19)20)17(18)15-11-9-14(10-12-15)13-7-5-4-6-8-13/h4-12,16-18H,3H2,1-2H3/t16-,17+/m0/s1. The maximum Gasteiger partial charge on any atom is 0.153 e. The van der Waals surface area contributed by atoms with Crippen molar-refractivity contribution in [2.75, 3.05) is 6.26 Å². The lowest BCUT2D eigenvalue weighted by Crippen LogP contribution is -2.26. The van der Waals surface area contributed by atoms with Crippen LogP contribution >= 0.6 is 0 Å². The van der Waals surface area contributed by atoms with Crippen molar-refractivity contribution in [3.8, 4) is 11.1 Å². The van der Waals surface area contributed by atoms with Gasteiger partial charge < -0.3 is 5.11 Å². The van der Waals surface area contributed by atoms with Gasteiger partial charge in [-0.25, -0.2) is 8.42 Å². The molecule has 2 atom stereocenters. The maximum atomic E-state index is 11.7. The molecule has 2 aromatic carbocycles. The average Bonchev–Trinajstić information content (AvgIpc) is 2.47. The Morgan fingerprint density at radius 2 is 1.48 bits per heavy atom. The molecule has 0 heterocycles. The zero-order valence-electron chi connectivity index (χ0n) is 12.2. The largest absolute Gasteiger partial charge is 0.387 e. The Kier molecular flexibility index (Phi) is 4.80. The summed E-state index contributed by atoms with van der Waals surface area (Å²) in [6.07, 6.45) is 0.568. The normalized spacial score (nSPS) is 14.6. The van der Waals surface area contributed by atoms with E-state index in [-0.39, 0.29) is 0 Å². The average molecular weight is 304 g/mol. The van der Waals surface area contributed by atoms with Crippen LogP contribution in [0.15, 0.2) is 54.6 Å². The van der Waals surface area contributed by atoms with Crippen molar-refractivity contribution in [2.24, 2.45) is 0 Å². The Morgan fingerprint density at radius 3 is 1.95 bits per heavy atom. The second kappa shape index (κ2) is 6.41. The summed E-state index contributed by atoms with van der Waals surface area (Å²) in [6.45, 7) is 1.77. The summed E-state index contributed by atoms with van der Waals surface area (Å²) in [5.41, 5.74) is 2.76. The first-order valence-electron chi connectivity index (χ1n) is 6.95. The van der Waals surface area contributed by atoms with Crippen molar-refractivity contribution < 1.29 is 13.5 Å². The molecule has 112 valence electrons. The molecule has 3 nitrogen and oxygen atoms in total. The van der Waals surface area contributed by atoms with E-state index >= 15 is 0 Å². The third kappa shape index (κ3) is 3.71. The molecule has 0 aromatic heterocycles. The van der Waals surface area contributed by atoms with Gasteiger partial charge in [-0.05, 0) is 23.1 Å². The van der Waals surface area contributed by atoms with E-state index in [1.807, 2.05) is 42.5 Å². The van der Waals surface area contributed by atoms with E-state index in [1.54, 1.807) is 19.1 Å². The van der Waals surface area contributed by atoms with E-state index in [0.717, 1.165) is 11.1 Å². The van der Waals surface area contributed by atoms with Crippen LogP contribution in [-0.4, -0.2) is 25.0 Å². The molecule has 0 aliphatic carbocycles. The molecule has 21 heavy (non-hydrogen) atoms. The van der Waals surface area contributed by atoms with Crippen LogP contribution in [0.2, 0.25) is 0 Å². The van der Waals surface area contributed by atoms with Crippen molar-refractivity contribution in [1.29, 1.82) is 0 Å². The molecule has 0 fully saturated rings. The summed E-state index contributed by atoms with van der Waals surface area (Å²) in [4.78, 5) is 0. The Morgan fingerprint density at radius 1 is 0.952 bits per heavy atom. The van der Waals surface area contributed by atoms with Gasteiger partial charge in [0, 0.05) is 6.26 Å². The van der Waals surface area contributed by atoms with Crippen molar-refractivity contribution in [2.45, 2.75) is 24.7 Å². The van der Waals surface area contributed by atoms with Gasteiger partial charge in [0.15, 0.2) is 9.84 Å². The number of hydrogen-bond donors (Lipinski definition) is 1. The van der Waals surface area contributed by atoms with E-state index in [0.29, 0.717) is 12.0 Å². The van der Waals surface area contributed by atoms with Crippen LogP contribution in [0.1, 0.15) is 25.0 Å². The topological polar surface area (TPSA) is 54.4 Å². The fourth-order valence-corrected chi connectivity index (χ4v) is 3.71. The zero-order chi connectivity index (χ0) is 15.5. The minimum atomic E-state index is -3.27. The van der Waals surface area contributed by atoms with Gasteiger partial charge in [-0.1, -0.05) is 61.5 Å². The zero-order valence-corrected chi connectivity index (χ0v) is 13.0. The minimum Gasteiger partial charge on any atom is -0.387 e. The molecule has 0 aliphatic rings. The number of rotatable bonds is 5. The Balaban J connectivity index is 2.27. The number of sulfone groups is 1. The highest BCUT2D eigenvalue weighted by Crippen LogP contribution is 2.27.